The summed E-state index contributed by atoms with van der Waals surface area (Å²) in [6.07, 6.45) is 0.755. The highest BCUT2D eigenvalue weighted by Crippen LogP contribution is 2.47. The topological polar surface area (TPSA) is 148 Å². The number of alkyl halides is 3. The number of oxazole rings is 1. The third kappa shape index (κ3) is 3.60. The molecular weight excluding hydrogens is 481 g/mol. The average molecular weight is 503 g/mol. The van der Waals surface area contributed by atoms with E-state index in [4.69, 9.17) is 15.9 Å². The van der Waals surface area contributed by atoms with Crippen LogP contribution >= 0.6 is 0 Å². The minimum absolute atomic E-state index is 0.0551. The monoisotopic (exact) mass is 503 g/mol. The van der Waals surface area contributed by atoms with Gasteiger partial charge in [0.15, 0.2) is 23.5 Å². The Hall–Kier alpha value is -4.23. The van der Waals surface area contributed by atoms with Crippen molar-refractivity contribution in [2.24, 2.45) is 17.4 Å². The smallest absolute Gasteiger partial charge is 0.422 e. The molecule has 2 unspecified atom stereocenters. The molecule has 0 saturated carbocycles. The summed E-state index contributed by atoms with van der Waals surface area (Å²) in [5.41, 5.74) is 12.1. The Labute approximate surface area is 202 Å². The number of anilines is 3. The van der Waals surface area contributed by atoms with E-state index in [9.17, 15) is 22.8 Å². The number of nitrogens with two attached hydrogens (primary N) is 2. The molecule has 3 aromatic rings. The lowest BCUT2D eigenvalue weighted by atomic mass is 9.94. The van der Waals surface area contributed by atoms with Gasteiger partial charge in [0.2, 0.25) is 18.1 Å². The highest BCUT2D eigenvalue weighted by Gasteiger charge is 2.59. The average Bonchev–Trinajstić information content (AvgIpc) is 3.40. The number of rotatable bonds is 5. The van der Waals surface area contributed by atoms with Gasteiger partial charge in [0, 0.05) is 24.8 Å². The summed E-state index contributed by atoms with van der Waals surface area (Å²) in [6, 6.07) is -0.722. The lowest BCUT2D eigenvalue weighted by Crippen LogP contribution is -2.55. The summed E-state index contributed by atoms with van der Waals surface area (Å²) in [6.45, 7) is 2.76. The first-order chi connectivity index (χ1) is 17.0. The van der Waals surface area contributed by atoms with E-state index in [-0.39, 0.29) is 23.9 Å². The van der Waals surface area contributed by atoms with Crippen LogP contribution in [0.2, 0.25) is 0 Å². The number of primary amides is 2. The third-order valence-corrected chi connectivity index (χ3v) is 6.61. The SMILES string of the molecule is Cc1ncc(-c2ccnc(N3c4c(cnc[n+]4[C@H](C)C(F)(F)F)N4C[C@@H]3C(C(N)=O)C4C(N)=O)c2)o1. The molecule has 0 aromatic carbocycles. The van der Waals surface area contributed by atoms with Crippen molar-refractivity contribution < 1.29 is 31.7 Å². The van der Waals surface area contributed by atoms with E-state index in [0.717, 1.165) is 17.8 Å². The van der Waals surface area contributed by atoms with Crippen molar-refractivity contribution >= 4 is 29.1 Å². The van der Waals surface area contributed by atoms with Crippen LogP contribution in [0.25, 0.3) is 11.3 Å². The van der Waals surface area contributed by atoms with Crippen molar-refractivity contribution in [1.29, 1.82) is 0 Å². The van der Waals surface area contributed by atoms with Crippen LogP contribution in [0.15, 0.2) is 41.5 Å². The molecular formula is C22H22F3N8O3+. The second-order valence-corrected chi connectivity index (χ2v) is 8.74. The molecule has 2 aliphatic rings. The van der Waals surface area contributed by atoms with Crippen LogP contribution in [0.4, 0.5) is 30.5 Å². The van der Waals surface area contributed by atoms with Gasteiger partial charge in [0.1, 0.15) is 29.9 Å². The highest BCUT2D eigenvalue weighted by molar-refractivity contribution is 5.96. The van der Waals surface area contributed by atoms with Gasteiger partial charge < -0.3 is 20.8 Å². The molecule has 2 bridgehead atoms. The number of amides is 2. The van der Waals surface area contributed by atoms with Gasteiger partial charge in [-0.1, -0.05) is 0 Å². The second kappa shape index (κ2) is 8.17. The van der Waals surface area contributed by atoms with Crippen LogP contribution < -0.4 is 25.8 Å². The lowest BCUT2D eigenvalue weighted by Gasteiger charge is -2.35. The molecule has 0 radical (unpaired) electrons. The number of carbonyl (C=O) groups is 2. The van der Waals surface area contributed by atoms with Crippen molar-refractivity contribution in [1.82, 2.24) is 15.0 Å². The van der Waals surface area contributed by atoms with Crippen LogP contribution in [0.1, 0.15) is 18.9 Å². The van der Waals surface area contributed by atoms with Crippen molar-refractivity contribution in [3.05, 3.63) is 42.9 Å². The van der Waals surface area contributed by atoms with E-state index in [1.807, 2.05) is 0 Å². The Morgan fingerprint density at radius 3 is 2.58 bits per heavy atom. The number of carbonyl (C=O) groups excluding carboxylic acids is 2. The minimum Gasteiger partial charge on any atom is -0.441 e. The van der Waals surface area contributed by atoms with Gasteiger partial charge in [-0.05, 0) is 13.0 Å². The Balaban J connectivity index is 1.76. The van der Waals surface area contributed by atoms with Gasteiger partial charge in [-0.2, -0.15) is 13.2 Å². The summed E-state index contributed by atoms with van der Waals surface area (Å²) in [4.78, 5) is 40.5. The first-order valence-electron chi connectivity index (χ1n) is 11.0. The molecule has 14 heteroatoms. The van der Waals surface area contributed by atoms with Crippen molar-refractivity contribution in [2.75, 3.05) is 16.3 Å². The summed E-state index contributed by atoms with van der Waals surface area (Å²) in [5.74, 6) is -1.63. The number of hydrogen-bond acceptors (Lipinski definition) is 8. The standard InChI is InChI=1S/C22H21F3N8O3/c1-10(22(23,24)25)32-9-28-6-13-21(32)33(14-8-31(13)18(20(27)35)17(14)19(26)34)16-5-12(3-4-29-16)15-7-30-11(2)36-15/h3-7,9-10,14,17-18H,8H2,1-2H3,(H3-,26,27,34,35)/p+1/t10-,14-,17?,18?/m1/s1. The molecule has 1 fully saturated rings. The van der Waals surface area contributed by atoms with Gasteiger partial charge in [-0.3, -0.25) is 9.59 Å². The maximum Gasteiger partial charge on any atom is 0.422 e. The molecule has 0 spiro atoms. The molecule has 0 aliphatic carbocycles. The quantitative estimate of drug-likeness (QED) is 0.493. The molecule has 4 atom stereocenters. The van der Waals surface area contributed by atoms with Crippen LogP contribution in [0.5, 0.6) is 0 Å². The fraction of sp³-hybridized carbons (Fsp3) is 0.364. The van der Waals surface area contributed by atoms with Crippen LogP contribution in [-0.4, -0.2) is 51.6 Å². The molecule has 5 rings (SSSR count). The van der Waals surface area contributed by atoms with Crippen molar-refractivity contribution in [2.45, 2.75) is 38.1 Å². The first kappa shape index (κ1) is 23.5. The Morgan fingerprint density at radius 2 is 1.97 bits per heavy atom. The Kier molecular flexibility index (Phi) is 5.34. The number of nitrogens with zero attached hydrogens (tertiary/aromatic N) is 6. The van der Waals surface area contributed by atoms with Gasteiger partial charge in [-0.25, -0.2) is 19.4 Å². The minimum atomic E-state index is -4.61. The van der Waals surface area contributed by atoms with E-state index in [2.05, 4.69) is 15.0 Å². The molecule has 2 amide bonds. The predicted octanol–water partition coefficient (Wildman–Crippen LogP) is 1.15. The Bertz CT molecular complexity index is 1360. The van der Waals surface area contributed by atoms with E-state index in [1.54, 1.807) is 19.1 Å². The molecule has 3 aromatic heterocycles. The van der Waals surface area contributed by atoms with E-state index < -0.39 is 42.0 Å². The largest absolute Gasteiger partial charge is 0.441 e. The molecule has 4 N–H and O–H groups in total. The van der Waals surface area contributed by atoms with E-state index in [0.29, 0.717) is 17.2 Å². The molecule has 5 heterocycles. The fourth-order valence-electron chi connectivity index (χ4n) is 4.94. The molecule has 2 aliphatic heterocycles. The maximum absolute atomic E-state index is 13.9. The number of aryl methyl sites for hydroxylation is 1. The maximum atomic E-state index is 13.9. The van der Waals surface area contributed by atoms with Gasteiger partial charge in [-0.15, -0.1) is 4.98 Å². The summed E-state index contributed by atoms with van der Waals surface area (Å²) in [5, 5.41) is 0. The highest BCUT2D eigenvalue weighted by atomic mass is 19.4. The zero-order valence-electron chi connectivity index (χ0n) is 19.2. The Morgan fingerprint density at radius 1 is 1.22 bits per heavy atom. The van der Waals surface area contributed by atoms with Gasteiger partial charge in [0.25, 0.3) is 5.82 Å². The number of hydrogen-bond donors (Lipinski definition) is 2. The summed E-state index contributed by atoms with van der Waals surface area (Å²) < 4.78 is 48.2. The normalized spacial score (nSPS) is 21.9. The molecule has 11 nitrogen and oxygen atoms in total. The number of aromatic nitrogens is 4. The van der Waals surface area contributed by atoms with Gasteiger partial charge >= 0.3 is 6.18 Å². The summed E-state index contributed by atoms with van der Waals surface area (Å²) >= 11 is 0. The molecule has 36 heavy (non-hydrogen) atoms. The number of pyridine rings is 1. The molecule has 1 saturated heterocycles. The lowest BCUT2D eigenvalue weighted by molar-refractivity contribution is -0.734. The van der Waals surface area contributed by atoms with Crippen molar-refractivity contribution in [3.8, 4) is 11.3 Å². The van der Waals surface area contributed by atoms with E-state index >= 15 is 0 Å². The number of halogens is 3. The zero-order valence-corrected chi connectivity index (χ0v) is 19.2. The van der Waals surface area contributed by atoms with E-state index in [1.165, 1.54) is 28.4 Å². The van der Waals surface area contributed by atoms with Crippen LogP contribution in [0, 0.1) is 12.8 Å². The number of fused-ring (bicyclic) bond motifs is 4. The zero-order chi connectivity index (χ0) is 25.9. The fourth-order valence-corrected chi connectivity index (χ4v) is 4.94. The van der Waals surface area contributed by atoms with Gasteiger partial charge in [0.05, 0.1) is 12.7 Å². The second-order valence-electron chi connectivity index (χ2n) is 8.74. The first-order valence-corrected chi connectivity index (χ1v) is 11.0. The van der Waals surface area contributed by atoms with Crippen LogP contribution in [0.3, 0.4) is 0 Å². The molecule has 188 valence electrons. The summed E-state index contributed by atoms with van der Waals surface area (Å²) in [7, 11) is 0. The van der Waals surface area contributed by atoms with Crippen molar-refractivity contribution in [3.63, 3.8) is 0 Å². The third-order valence-electron chi connectivity index (χ3n) is 6.61. The predicted molar refractivity (Wildman–Crippen MR) is 119 cm³/mol. The van der Waals surface area contributed by atoms with Crippen LogP contribution in [-0.2, 0) is 9.59 Å².